The second-order valence-electron chi connectivity index (χ2n) is 5.30. The van der Waals surface area contributed by atoms with E-state index in [1.807, 2.05) is 24.3 Å². The Balaban J connectivity index is 1.96. The highest BCUT2D eigenvalue weighted by Crippen LogP contribution is 2.29. The van der Waals surface area contributed by atoms with E-state index in [-0.39, 0.29) is 11.9 Å². The zero-order valence-corrected chi connectivity index (χ0v) is 12.5. The van der Waals surface area contributed by atoms with Gasteiger partial charge in [0.2, 0.25) is 0 Å². The highest BCUT2D eigenvalue weighted by Gasteiger charge is 2.19. The third kappa shape index (κ3) is 2.48. The molecule has 0 fully saturated rings. The quantitative estimate of drug-likeness (QED) is 0.682. The summed E-state index contributed by atoms with van der Waals surface area (Å²) in [7, 11) is 2.75. The van der Waals surface area contributed by atoms with Gasteiger partial charge in [-0.05, 0) is 59.4 Å². The van der Waals surface area contributed by atoms with Crippen LogP contribution in [0, 0.1) is 0 Å². The van der Waals surface area contributed by atoms with Crippen molar-refractivity contribution >= 4 is 11.9 Å². The topological polar surface area (TPSA) is 52.6 Å². The molecule has 4 nitrogen and oxygen atoms in total. The van der Waals surface area contributed by atoms with E-state index in [0.717, 1.165) is 17.5 Å². The summed E-state index contributed by atoms with van der Waals surface area (Å²) in [6.07, 6.45) is 1.49. The van der Waals surface area contributed by atoms with E-state index in [0.29, 0.717) is 17.5 Å². The number of methoxy groups -OCH3 is 2. The highest BCUT2D eigenvalue weighted by atomic mass is 16.5. The number of rotatable bonds is 2. The number of carbonyl (C=O) groups excluding carboxylic acids is 2. The van der Waals surface area contributed by atoms with Crippen LogP contribution in [0.2, 0.25) is 0 Å². The molecule has 0 saturated heterocycles. The van der Waals surface area contributed by atoms with Gasteiger partial charge in [0.1, 0.15) is 0 Å². The number of ether oxygens (including phenoxy) is 2. The van der Waals surface area contributed by atoms with Crippen LogP contribution in [0.4, 0.5) is 0 Å². The van der Waals surface area contributed by atoms with Crippen molar-refractivity contribution < 1.29 is 19.1 Å². The van der Waals surface area contributed by atoms with Crippen molar-refractivity contribution in [2.75, 3.05) is 14.2 Å². The first-order valence-corrected chi connectivity index (χ1v) is 7.02. The molecular weight excluding hydrogens is 280 g/mol. The van der Waals surface area contributed by atoms with Crippen LogP contribution in [-0.2, 0) is 22.3 Å². The Morgan fingerprint density at radius 3 is 1.55 bits per heavy atom. The fraction of sp³-hybridized carbons (Fsp3) is 0.222. The molecule has 0 bridgehead atoms. The minimum Gasteiger partial charge on any atom is -0.465 e. The average molecular weight is 296 g/mol. The van der Waals surface area contributed by atoms with E-state index in [1.54, 1.807) is 12.1 Å². The minimum absolute atomic E-state index is 0.336. The number of hydrogen-bond donors (Lipinski definition) is 0. The van der Waals surface area contributed by atoms with Gasteiger partial charge in [-0.3, -0.25) is 0 Å². The molecule has 0 unspecified atom stereocenters. The first-order chi connectivity index (χ1) is 10.6. The van der Waals surface area contributed by atoms with Crippen LogP contribution < -0.4 is 0 Å². The number of hydrogen-bond acceptors (Lipinski definition) is 4. The first-order valence-electron chi connectivity index (χ1n) is 7.02. The molecule has 0 amide bonds. The predicted molar refractivity (Wildman–Crippen MR) is 81.2 cm³/mol. The Bertz CT molecular complexity index is 698. The molecule has 0 aliphatic heterocycles. The van der Waals surface area contributed by atoms with Gasteiger partial charge in [-0.15, -0.1) is 0 Å². The van der Waals surface area contributed by atoms with Crippen molar-refractivity contribution in [2.45, 2.75) is 12.8 Å². The van der Waals surface area contributed by atoms with E-state index in [2.05, 4.69) is 0 Å². The molecule has 1 aliphatic carbocycles. The zero-order chi connectivity index (χ0) is 15.7. The summed E-state index contributed by atoms with van der Waals surface area (Å²) < 4.78 is 9.52. The van der Waals surface area contributed by atoms with Gasteiger partial charge >= 0.3 is 11.9 Å². The van der Waals surface area contributed by atoms with E-state index in [9.17, 15) is 9.59 Å². The summed E-state index contributed by atoms with van der Waals surface area (Å²) in [6.45, 7) is 0. The molecule has 0 radical (unpaired) electrons. The van der Waals surface area contributed by atoms with Gasteiger partial charge in [0.05, 0.1) is 25.3 Å². The standard InChI is InChI=1S/C18H16O4/c1-21-17(19)13-5-3-11-7-12-4-6-14(18(20)22-2)9-16(12)10-15(11)8-13/h3-6,8-9H,7,10H2,1-2H3. The number of benzene rings is 2. The Kier molecular flexibility index (Phi) is 3.67. The molecule has 2 aromatic rings. The fourth-order valence-electron chi connectivity index (χ4n) is 2.83. The molecule has 3 rings (SSSR count). The monoisotopic (exact) mass is 296 g/mol. The number of fused-ring (bicyclic) bond motifs is 2. The zero-order valence-electron chi connectivity index (χ0n) is 12.5. The van der Waals surface area contributed by atoms with Crippen LogP contribution in [0.15, 0.2) is 36.4 Å². The van der Waals surface area contributed by atoms with E-state index < -0.39 is 0 Å². The van der Waals surface area contributed by atoms with Gasteiger partial charge in [-0.2, -0.15) is 0 Å². The van der Waals surface area contributed by atoms with Crippen molar-refractivity contribution in [1.29, 1.82) is 0 Å². The summed E-state index contributed by atoms with van der Waals surface area (Å²) in [5.41, 5.74) is 5.69. The fourth-order valence-corrected chi connectivity index (χ4v) is 2.83. The number of esters is 2. The van der Waals surface area contributed by atoms with E-state index in [1.165, 1.54) is 25.3 Å². The average Bonchev–Trinajstić information content (AvgIpc) is 2.57. The second kappa shape index (κ2) is 5.64. The van der Waals surface area contributed by atoms with Gasteiger partial charge in [0, 0.05) is 0 Å². The minimum atomic E-state index is -0.336. The Morgan fingerprint density at radius 1 is 0.727 bits per heavy atom. The lowest BCUT2D eigenvalue weighted by Crippen LogP contribution is -2.11. The molecule has 0 aromatic heterocycles. The van der Waals surface area contributed by atoms with Gasteiger partial charge in [-0.1, -0.05) is 12.1 Å². The van der Waals surface area contributed by atoms with Crippen LogP contribution in [0.1, 0.15) is 43.0 Å². The lowest BCUT2D eigenvalue weighted by Gasteiger charge is -2.20. The normalized spacial score (nSPS) is 12.1. The van der Waals surface area contributed by atoms with Crippen LogP contribution >= 0.6 is 0 Å². The Hall–Kier alpha value is -2.62. The van der Waals surface area contributed by atoms with Crippen molar-refractivity contribution in [1.82, 2.24) is 0 Å². The molecular formula is C18H16O4. The lowest BCUT2D eigenvalue weighted by molar-refractivity contribution is 0.0592. The first kappa shape index (κ1) is 14.3. The van der Waals surface area contributed by atoms with E-state index in [4.69, 9.17) is 9.47 Å². The summed E-state index contributed by atoms with van der Waals surface area (Å²) in [4.78, 5) is 23.3. The Morgan fingerprint density at radius 2 is 1.14 bits per heavy atom. The molecule has 0 N–H and O–H groups in total. The van der Waals surface area contributed by atoms with Crippen LogP contribution in [0.3, 0.4) is 0 Å². The molecule has 0 saturated carbocycles. The molecule has 1 aliphatic rings. The van der Waals surface area contributed by atoms with Crippen molar-refractivity contribution in [3.05, 3.63) is 69.8 Å². The third-order valence-electron chi connectivity index (χ3n) is 4.02. The number of carbonyl (C=O) groups is 2. The largest absolute Gasteiger partial charge is 0.465 e. The predicted octanol–water partition coefficient (Wildman–Crippen LogP) is 2.75. The van der Waals surface area contributed by atoms with Crippen LogP contribution in [0.25, 0.3) is 0 Å². The van der Waals surface area contributed by atoms with Crippen molar-refractivity contribution in [3.63, 3.8) is 0 Å². The molecule has 112 valence electrons. The maximum absolute atomic E-state index is 11.6. The lowest BCUT2D eigenvalue weighted by atomic mass is 9.84. The van der Waals surface area contributed by atoms with Gasteiger partial charge in [0.25, 0.3) is 0 Å². The molecule has 4 heteroatoms. The van der Waals surface area contributed by atoms with Gasteiger partial charge in [0.15, 0.2) is 0 Å². The highest BCUT2D eigenvalue weighted by molar-refractivity contribution is 5.90. The SMILES string of the molecule is COC(=O)c1ccc2c(c1)Cc1cc(C(=O)OC)ccc1C2. The third-order valence-corrected chi connectivity index (χ3v) is 4.02. The smallest absolute Gasteiger partial charge is 0.337 e. The van der Waals surface area contributed by atoms with Crippen molar-refractivity contribution in [3.8, 4) is 0 Å². The van der Waals surface area contributed by atoms with E-state index >= 15 is 0 Å². The summed E-state index contributed by atoms with van der Waals surface area (Å²) >= 11 is 0. The maximum Gasteiger partial charge on any atom is 0.337 e. The van der Waals surface area contributed by atoms with Crippen LogP contribution in [0.5, 0.6) is 0 Å². The molecule has 2 aromatic carbocycles. The Labute approximate surface area is 128 Å². The second-order valence-corrected chi connectivity index (χ2v) is 5.30. The maximum atomic E-state index is 11.6. The van der Waals surface area contributed by atoms with Gasteiger partial charge < -0.3 is 9.47 Å². The molecule has 22 heavy (non-hydrogen) atoms. The van der Waals surface area contributed by atoms with Gasteiger partial charge in [-0.25, -0.2) is 9.59 Å². The van der Waals surface area contributed by atoms with Crippen molar-refractivity contribution in [2.24, 2.45) is 0 Å². The summed E-state index contributed by atoms with van der Waals surface area (Å²) in [5.74, 6) is -0.672. The molecule has 0 spiro atoms. The van der Waals surface area contributed by atoms with Crippen LogP contribution in [-0.4, -0.2) is 26.2 Å². The molecule has 0 atom stereocenters. The molecule has 0 heterocycles. The summed E-state index contributed by atoms with van der Waals surface area (Å²) in [5, 5.41) is 0. The summed E-state index contributed by atoms with van der Waals surface area (Å²) in [6, 6.07) is 11.3.